The van der Waals surface area contributed by atoms with Crippen LogP contribution in [0.1, 0.15) is 172 Å². The number of phosphoric ester groups is 1. The first-order valence-electron chi connectivity index (χ1n) is 18.9. The number of hydrogen-bond donors (Lipinski definition) is 0. The highest BCUT2D eigenvalue weighted by atomic mass is 31.2. The maximum absolute atomic E-state index is 15.2. The summed E-state index contributed by atoms with van der Waals surface area (Å²) in [5.41, 5.74) is 3.20. The minimum Gasteiger partial charge on any atom is -0.386 e. The van der Waals surface area contributed by atoms with Crippen LogP contribution in [0.15, 0.2) is 72.8 Å². The van der Waals surface area contributed by atoms with E-state index < -0.39 is 7.82 Å². The first kappa shape index (κ1) is 38.7. The molecule has 3 unspecified atom stereocenters. The van der Waals surface area contributed by atoms with Gasteiger partial charge >= 0.3 is 7.82 Å². The first-order chi connectivity index (χ1) is 22.9. The minimum atomic E-state index is -4.21. The summed E-state index contributed by atoms with van der Waals surface area (Å²) in [5, 5.41) is 0. The molecule has 0 saturated heterocycles. The van der Waals surface area contributed by atoms with Gasteiger partial charge in [-0.05, 0) is 91.2 Å². The van der Waals surface area contributed by atoms with Crippen molar-refractivity contribution in [3.63, 3.8) is 0 Å². The van der Waals surface area contributed by atoms with Crippen LogP contribution in [0, 0.1) is 0 Å². The molecular formula is C42H63O4P. The number of unbranched alkanes of at least 4 members (excludes halogenated alkanes) is 6. The van der Waals surface area contributed by atoms with Crippen molar-refractivity contribution in [1.29, 1.82) is 0 Å². The van der Waals surface area contributed by atoms with Gasteiger partial charge in [0, 0.05) is 0 Å². The third-order valence-corrected chi connectivity index (χ3v) is 10.9. The van der Waals surface area contributed by atoms with Gasteiger partial charge in [-0.3, -0.25) is 0 Å². The minimum absolute atomic E-state index is 0.303. The smallest absolute Gasteiger partial charge is 0.386 e. The molecule has 0 spiro atoms. The molecule has 0 heterocycles. The summed E-state index contributed by atoms with van der Waals surface area (Å²) in [4.78, 5) is 0. The van der Waals surface area contributed by atoms with Crippen LogP contribution in [0.5, 0.6) is 17.2 Å². The zero-order chi connectivity index (χ0) is 33.9. The van der Waals surface area contributed by atoms with E-state index in [1.165, 1.54) is 38.5 Å². The fourth-order valence-corrected chi connectivity index (χ4v) is 8.11. The van der Waals surface area contributed by atoms with Gasteiger partial charge in [-0.25, -0.2) is 0 Å². The summed E-state index contributed by atoms with van der Waals surface area (Å²) < 4.78 is 35.0. The van der Waals surface area contributed by atoms with Crippen molar-refractivity contribution in [2.75, 3.05) is 0 Å². The van der Waals surface area contributed by atoms with E-state index in [0.29, 0.717) is 35.0 Å². The van der Waals surface area contributed by atoms with Gasteiger partial charge in [0.15, 0.2) is 0 Å². The predicted molar refractivity (Wildman–Crippen MR) is 200 cm³/mol. The zero-order valence-electron chi connectivity index (χ0n) is 30.3. The molecule has 0 aliphatic heterocycles. The summed E-state index contributed by atoms with van der Waals surface area (Å²) in [5.74, 6) is 2.66. The maximum atomic E-state index is 15.2. The van der Waals surface area contributed by atoms with Crippen LogP contribution in [0.2, 0.25) is 0 Å². The molecule has 47 heavy (non-hydrogen) atoms. The lowest BCUT2D eigenvalue weighted by Crippen LogP contribution is -2.12. The highest BCUT2D eigenvalue weighted by Crippen LogP contribution is 2.54. The summed E-state index contributed by atoms with van der Waals surface area (Å²) in [7, 11) is -4.21. The molecule has 0 fully saturated rings. The standard InChI is InChI=1S/C42H63O4P/c1-7-13-16-25-34(10-4)37-28-19-22-31-40(37)44-47(43,45-41-32-23-20-29-38(41)35(11-5)26-17-14-8-2)46-42-33-24-21-30-39(42)36(12-6)27-18-15-9-3/h19-24,28-36H,7-18,25-27H2,1-6H3. The molecule has 0 aliphatic carbocycles. The second-order valence-electron chi connectivity index (χ2n) is 13.1. The average Bonchev–Trinajstić information content (AvgIpc) is 3.08. The van der Waals surface area contributed by atoms with Gasteiger partial charge in [-0.15, -0.1) is 0 Å². The van der Waals surface area contributed by atoms with Crippen LogP contribution < -0.4 is 13.6 Å². The van der Waals surface area contributed by atoms with Gasteiger partial charge in [-0.1, -0.05) is 154 Å². The molecule has 260 valence electrons. The van der Waals surface area contributed by atoms with Crippen molar-refractivity contribution in [2.45, 2.75) is 156 Å². The summed E-state index contributed by atoms with van der Waals surface area (Å²) >= 11 is 0. The molecule has 0 N–H and O–H groups in total. The second-order valence-corrected chi connectivity index (χ2v) is 14.6. The molecule has 0 aliphatic rings. The topological polar surface area (TPSA) is 44.8 Å². The van der Waals surface area contributed by atoms with Gasteiger partial charge in [0.05, 0.1) is 0 Å². The lowest BCUT2D eigenvalue weighted by molar-refractivity contribution is 0.292. The molecule has 3 aromatic rings. The van der Waals surface area contributed by atoms with Crippen molar-refractivity contribution >= 4 is 7.82 Å². The number of benzene rings is 3. The molecule has 3 aromatic carbocycles. The molecule has 3 atom stereocenters. The van der Waals surface area contributed by atoms with Crippen molar-refractivity contribution in [2.24, 2.45) is 0 Å². The molecule has 0 radical (unpaired) electrons. The van der Waals surface area contributed by atoms with Crippen LogP contribution in [-0.2, 0) is 4.57 Å². The van der Waals surface area contributed by atoms with Gasteiger partial charge in [0.1, 0.15) is 17.2 Å². The van der Waals surface area contributed by atoms with Crippen LogP contribution in [0.25, 0.3) is 0 Å². The van der Waals surface area contributed by atoms with E-state index in [2.05, 4.69) is 59.7 Å². The molecule has 0 aromatic heterocycles. The Kier molecular flexibility index (Phi) is 17.6. The van der Waals surface area contributed by atoms with Crippen LogP contribution in [-0.4, -0.2) is 0 Å². The van der Waals surface area contributed by atoms with Crippen LogP contribution in [0.4, 0.5) is 0 Å². The average molecular weight is 663 g/mol. The Bertz CT molecular complexity index is 1180. The van der Waals surface area contributed by atoms with Gasteiger partial charge in [0.2, 0.25) is 0 Å². The monoisotopic (exact) mass is 662 g/mol. The zero-order valence-corrected chi connectivity index (χ0v) is 31.2. The maximum Gasteiger partial charge on any atom is 0.647 e. The van der Waals surface area contributed by atoms with Crippen LogP contribution in [0.3, 0.4) is 0 Å². The SMILES string of the molecule is CCCCCC(CC)c1ccccc1OP(=O)(Oc1ccccc1C(CC)CCCCC)Oc1ccccc1C(CC)CCCCC. The summed E-state index contributed by atoms with van der Waals surface area (Å²) in [6.07, 6.45) is 16.7. The van der Waals surface area contributed by atoms with E-state index in [-0.39, 0.29) is 0 Å². The Labute approximate surface area is 287 Å². The third kappa shape index (κ3) is 12.0. The summed E-state index contributed by atoms with van der Waals surface area (Å²) in [6, 6.07) is 24.1. The highest BCUT2D eigenvalue weighted by molar-refractivity contribution is 7.49. The van der Waals surface area contributed by atoms with Crippen molar-refractivity contribution in [3.8, 4) is 17.2 Å². The number of hydrogen-bond acceptors (Lipinski definition) is 4. The number of phosphoric acid groups is 1. The number of rotatable bonds is 24. The molecule has 4 nitrogen and oxygen atoms in total. The van der Waals surface area contributed by atoms with E-state index in [9.17, 15) is 0 Å². The van der Waals surface area contributed by atoms with E-state index in [0.717, 1.165) is 74.5 Å². The molecule has 3 rings (SSSR count). The largest absolute Gasteiger partial charge is 0.647 e. The van der Waals surface area contributed by atoms with E-state index >= 15 is 4.57 Å². The lowest BCUT2D eigenvalue weighted by Gasteiger charge is -2.27. The van der Waals surface area contributed by atoms with Crippen molar-refractivity contribution in [3.05, 3.63) is 89.5 Å². The lowest BCUT2D eigenvalue weighted by atomic mass is 9.90. The fraction of sp³-hybridized carbons (Fsp3) is 0.571. The molecule has 0 saturated carbocycles. The van der Waals surface area contributed by atoms with Gasteiger partial charge in [-0.2, -0.15) is 4.57 Å². The van der Waals surface area contributed by atoms with Gasteiger partial charge in [0.25, 0.3) is 0 Å². The van der Waals surface area contributed by atoms with Gasteiger partial charge < -0.3 is 13.6 Å². The Balaban J connectivity index is 2.07. The first-order valence-corrected chi connectivity index (χ1v) is 20.3. The summed E-state index contributed by atoms with van der Waals surface area (Å²) in [6.45, 7) is 13.4. The van der Waals surface area contributed by atoms with Crippen molar-refractivity contribution in [1.82, 2.24) is 0 Å². The molecule has 5 heteroatoms. The second kappa shape index (κ2) is 21.3. The third-order valence-electron chi connectivity index (χ3n) is 9.65. The van der Waals surface area contributed by atoms with E-state index in [1.807, 2.05) is 54.6 Å². The highest BCUT2D eigenvalue weighted by Gasteiger charge is 2.37. The van der Waals surface area contributed by atoms with E-state index in [1.54, 1.807) is 0 Å². The predicted octanol–water partition coefficient (Wildman–Crippen LogP) is 14.6. The van der Waals surface area contributed by atoms with Crippen molar-refractivity contribution < 1.29 is 18.1 Å². The Morgan fingerprint density at radius 2 is 0.723 bits per heavy atom. The molecular weight excluding hydrogens is 599 g/mol. The fourth-order valence-electron chi connectivity index (χ4n) is 6.78. The Morgan fingerprint density at radius 1 is 0.447 bits per heavy atom. The van der Waals surface area contributed by atoms with E-state index in [4.69, 9.17) is 13.6 Å². The number of para-hydroxylation sites is 3. The molecule has 0 bridgehead atoms. The Morgan fingerprint density at radius 3 is 0.979 bits per heavy atom. The quantitative estimate of drug-likeness (QED) is 0.0707. The normalized spacial score (nSPS) is 14.6. The molecule has 0 amide bonds. The van der Waals surface area contributed by atoms with Crippen LogP contribution >= 0.6 is 7.82 Å². The Hall–Kier alpha value is -2.71.